The highest BCUT2D eigenvalue weighted by Crippen LogP contribution is 2.31. The zero-order valence-corrected chi connectivity index (χ0v) is 13.4. The molecule has 0 aromatic heterocycles. The summed E-state index contributed by atoms with van der Waals surface area (Å²) in [5.41, 5.74) is 0.570. The van der Waals surface area contributed by atoms with E-state index in [9.17, 15) is 9.59 Å². The molecule has 0 spiro atoms. The summed E-state index contributed by atoms with van der Waals surface area (Å²) >= 11 is 5.98. The zero-order valence-electron chi connectivity index (χ0n) is 12.6. The quantitative estimate of drug-likeness (QED) is 0.842. The Morgan fingerprint density at radius 3 is 2.67 bits per heavy atom. The average molecular weight is 313 g/mol. The summed E-state index contributed by atoms with van der Waals surface area (Å²) < 4.78 is 5.25. The molecular weight excluding hydrogens is 292 g/mol. The van der Waals surface area contributed by atoms with Crippen LogP contribution >= 0.6 is 11.6 Å². The van der Waals surface area contributed by atoms with Crippen LogP contribution in [-0.4, -0.2) is 32.0 Å². The Hall–Kier alpha value is -1.75. The molecule has 0 aliphatic rings. The lowest BCUT2D eigenvalue weighted by atomic mass is 10.2. The fourth-order valence-corrected chi connectivity index (χ4v) is 2.05. The lowest BCUT2D eigenvalue weighted by molar-refractivity contribution is -0.121. The van der Waals surface area contributed by atoms with Gasteiger partial charge in [0.15, 0.2) is 0 Å². The first-order valence-electron chi connectivity index (χ1n) is 6.88. The molecule has 0 unspecified atom stereocenters. The minimum Gasteiger partial charge on any atom is -0.495 e. The van der Waals surface area contributed by atoms with Crippen LogP contribution in [0.15, 0.2) is 18.2 Å². The van der Waals surface area contributed by atoms with E-state index in [0.29, 0.717) is 23.0 Å². The number of nitrogens with one attached hydrogen (secondary N) is 1. The highest BCUT2D eigenvalue weighted by molar-refractivity contribution is 6.31. The number of carbonyl (C=O) groups is 2. The second kappa shape index (κ2) is 8.52. The van der Waals surface area contributed by atoms with Crippen LogP contribution in [0.3, 0.4) is 0 Å². The van der Waals surface area contributed by atoms with E-state index < -0.39 is 0 Å². The second-order valence-corrected chi connectivity index (χ2v) is 5.02. The van der Waals surface area contributed by atoms with E-state index in [1.165, 1.54) is 18.9 Å². The van der Waals surface area contributed by atoms with Crippen molar-refractivity contribution in [3.8, 4) is 5.75 Å². The van der Waals surface area contributed by atoms with Gasteiger partial charge in [-0.25, -0.2) is 0 Å². The maximum atomic E-state index is 11.8. The van der Waals surface area contributed by atoms with Gasteiger partial charge in [-0.2, -0.15) is 0 Å². The number of methoxy groups -OCH3 is 1. The smallest absolute Gasteiger partial charge is 0.223 e. The van der Waals surface area contributed by atoms with Gasteiger partial charge in [-0.15, -0.1) is 0 Å². The van der Waals surface area contributed by atoms with E-state index in [0.717, 1.165) is 6.42 Å². The summed E-state index contributed by atoms with van der Waals surface area (Å²) in [4.78, 5) is 25.0. The van der Waals surface area contributed by atoms with E-state index in [-0.39, 0.29) is 24.8 Å². The van der Waals surface area contributed by atoms with Crippen molar-refractivity contribution in [3.63, 3.8) is 0 Å². The Morgan fingerprint density at radius 1 is 1.38 bits per heavy atom. The standard InChI is InChI=1S/C15H21ClN2O3/c1-4-8-17-15(20)7-9-18(11(2)19)13-10-12(16)5-6-14(13)21-3/h5-6,10H,4,7-9H2,1-3H3,(H,17,20). The largest absolute Gasteiger partial charge is 0.495 e. The molecule has 0 aliphatic heterocycles. The Labute approximate surface area is 130 Å². The van der Waals surface area contributed by atoms with E-state index in [4.69, 9.17) is 16.3 Å². The van der Waals surface area contributed by atoms with Gasteiger partial charge in [0.25, 0.3) is 0 Å². The van der Waals surface area contributed by atoms with Crippen LogP contribution < -0.4 is 15.0 Å². The van der Waals surface area contributed by atoms with Crippen molar-refractivity contribution in [1.82, 2.24) is 5.32 Å². The van der Waals surface area contributed by atoms with Crippen molar-refractivity contribution in [2.75, 3.05) is 25.1 Å². The van der Waals surface area contributed by atoms with Crippen LogP contribution in [0.25, 0.3) is 0 Å². The fraction of sp³-hybridized carbons (Fsp3) is 0.467. The Bertz CT molecular complexity index is 506. The van der Waals surface area contributed by atoms with Gasteiger partial charge in [0.2, 0.25) is 11.8 Å². The molecule has 6 heteroatoms. The maximum Gasteiger partial charge on any atom is 0.223 e. The van der Waals surface area contributed by atoms with Gasteiger partial charge in [-0.1, -0.05) is 18.5 Å². The maximum absolute atomic E-state index is 11.8. The van der Waals surface area contributed by atoms with Gasteiger partial charge in [-0.05, 0) is 24.6 Å². The number of nitrogens with zero attached hydrogens (tertiary/aromatic N) is 1. The fourth-order valence-electron chi connectivity index (χ4n) is 1.89. The predicted molar refractivity (Wildman–Crippen MR) is 83.9 cm³/mol. The van der Waals surface area contributed by atoms with Crippen molar-refractivity contribution in [2.45, 2.75) is 26.7 Å². The van der Waals surface area contributed by atoms with E-state index in [2.05, 4.69) is 5.32 Å². The molecule has 2 amide bonds. The molecular formula is C15H21ClN2O3. The van der Waals surface area contributed by atoms with Gasteiger partial charge < -0.3 is 15.0 Å². The molecule has 1 aromatic rings. The van der Waals surface area contributed by atoms with Gasteiger partial charge in [-0.3, -0.25) is 9.59 Å². The number of ether oxygens (including phenoxy) is 1. The Balaban J connectivity index is 2.85. The molecule has 0 saturated heterocycles. The molecule has 5 nitrogen and oxygen atoms in total. The number of benzene rings is 1. The lowest BCUT2D eigenvalue weighted by Gasteiger charge is -2.23. The normalized spacial score (nSPS) is 10.1. The predicted octanol–water partition coefficient (Wildman–Crippen LogP) is 2.62. The zero-order chi connectivity index (χ0) is 15.8. The number of halogens is 1. The minimum absolute atomic E-state index is 0.0795. The van der Waals surface area contributed by atoms with Crippen molar-refractivity contribution < 1.29 is 14.3 Å². The van der Waals surface area contributed by atoms with E-state index in [1.807, 2.05) is 6.92 Å². The summed E-state index contributed by atoms with van der Waals surface area (Å²) in [7, 11) is 1.53. The van der Waals surface area contributed by atoms with Gasteiger partial charge in [0, 0.05) is 31.5 Å². The van der Waals surface area contributed by atoms with E-state index in [1.54, 1.807) is 18.2 Å². The van der Waals surface area contributed by atoms with Crippen molar-refractivity contribution in [2.24, 2.45) is 0 Å². The Kier molecular flexibility index (Phi) is 7.02. The minimum atomic E-state index is -0.168. The van der Waals surface area contributed by atoms with E-state index >= 15 is 0 Å². The molecule has 1 rings (SSSR count). The lowest BCUT2D eigenvalue weighted by Crippen LogP contribution is -2.34. The molecule has 0 saturated carbocycles. The number of hydrogen-bond donors (Lipinski definition) is 1. The van der Waals surface area contributed by atoms with Crippen LogP contribution in [0.4, 0.5) is 5.69 Å². The molecule has 0 bridgehead atoms. The summed E-state index contributed by atoms with van der Waals surface area (Å²) in [5.74, 6) is 0.298. The summed E-state index contributed by atoms with van der Waals surface area (Å²) in [6.07, 6.45) is 1.11. The van der Waals surface area contributed by atoms with Crippen LogP contribution in [0.5, 0.6) is 5.75 Å². The first-order chi connectivity index (χ1) is 9.99. The van der Waals surface area contributed by atoms with Gasteiger partial charge >= 0.3 is 0 Å². The summed E-state index contributed by atoms with van der Waals surface area (Å²) in [6.45, 7) is 4.35. The molecule has 21 heavy (non-hydrogen) atoms. The second-order valence-electron chi connectivity index (χ2n) is 4.59. The van der Waals surface area contributed by atoms with Crippen LogP contribution in [-0.2, 0) is 9.59 Å². The number of hydrogen-bond acceptors (Lipinski definition) is 3. The number of carbonyl (C=O) groups excluding carboxylic acids is 2. The van der Waals surface area contributed by atoms with Crippen LogP contribution in [0.1, 0.15) is 26.7 Å². The van der Waals surface area contributed by atoms with Gasteiger partial charge in [0.05, 0.1) is 12.8 Å². The molecule has 0 aliphatic carbocycles. The number of amides is 2. The molecule has 1 aromatic carbocycles. The van der Waals surface area contributed by atoms with Crippen LogP contribution in [0.2, 0.25) is 5.02 Å². The highest BCUT2D eigenvalue weighted by atomic mass is 35.5. The summed E-state index contributed by atoms with van der Waals surface area (Å²) in [6, 6.07) is 5.05. The number of rotatable bonds is 7. The third-order valence-electron chi connectivity index (χ3n) is 2.95. The van der Waals surface area contributed by atoms with Crippen molar-refractivity contribution in [3.05, 3.63) is 23.2 Å². The molecule has 1 N–H and O–H groups in total. The topological polar surface area (TPSA) is 58.6 Å². The third kappa shape index (κ3) is 5.27. The van der Waals surface area contributed by atoms with Crippen LogP contribution in [0, 0.1) is 0 Å². The van der Waals surface area contributed by atoms with Crippen molar-refractivity contribution >= 4 is 29.1 Å². The highest BCUT2D eigenvalue weighted by Gasteiger charge is 2.17. The molecule has 116 valence electrons. The number of anilines is 1. The molecule has 0 fully saturated rings. The van der Waals surface area contributed by atoms with Crippen molar-refractivity contribution in [1.29, 1.82) is 0 Å². The molecule has 0 atom stereocenters. The third-order valence-corrected chi connectivity index (χ3v) is 3.18. The first-order valence-corrected chi connectivity index (χ1v) is 7.25. The summed E-state index contributed by atoms with van der Waals surface area (Å²) in [5, 5.41) is 3.29. The molecule has 0 heterocycles. The van der Waals surface area contributed by atoms with Gasteiger partial charge in [0.1, 0.15) is 5.75 Å². The average Bonchev–Trinajstić information content (AvgIpc) is 2.45. The molecule has 0 radical (unpaired) electrons. The first kappa shape index (κ1) is 17.3. The Morgan fingerprint density at radius 2 is 2.10 bits per heavy atom. The monoisotopic (exact) mass is 312 g/mol. The SMILES string of the molecule is CCCNC(=O)CCN(C(C)=O)c1cc(Cl)ccc1OC.